The van der Waals surface area contributed by atoms with E-state index >= 15 is 0 Å². The van der Waals surface area contributed by atoms with Gasteiger partial charge in [-0.2, -0.15) is 0 Å². The van der Waals surface area contributed by atoms with Crippen molar-refractivity contribution in [2.24, 2.45) is 0 Å². The highest BCUT2D eigenvalue weighted by atomic mass is 35.5. The first-order valence-corrected chi connectivity index (χ1v) is 5.09. The summed E-state index contributed by atoms with van der Waals surface area (Å²) in [6.07, 6.45) is 1.12. The van der Waals surface area contributed by atoms with E-state index < -0.39 is 6.10 Å². The summed E-state index contributed by atoms with van der Waals surface area (Å²) < 4.78 is 13.5. The summed E-state index contributed by atoms with van der Waals surface area (Å²) in [6.45, 7) is 1.08. The van der Waals surface area contributed by atoms with Gasteiger partial charge in [0.05, 0.1) is 6.10 Å². The van der Waals surface area contributed by atoms with Gasteiger partial charge in [-0.05, 0) is 23.8 Å². The topological polar surface area (TPSA) is 32.3 Å². The van der Waals surface area contributed by atoms with Gasteiger partial charge < -0.3 is 10.4 Å². The van der Waals surface area contributed by atoms with Gasteiger partial charge in [-0.15, -0.1) is 0 Å². The molecule has 0 aromatic heterocycles. The molecule has 1 heterocycles. The van der Waals surface area contributed by atoms with Gasteiger partial charge in [0.15, 0.2) is 0 Å². The summed E-state index contributed by atoms with van der Waals surface area (Å²) in [7, 11) is 0. The molecule has 4 heteroatoms. The van der Waals surface area contributed by atoms with Gasteiger partial charge in [0, 0.05) is 23.7 Å². The second-order valence-electron chi connectivity index (χ2n) is 3.51. The third-order valence-electron chi connectivity index (χ3n) is 2.34. The Morgan fingerprint density at radius 3 is 2.93 bits per heavy atom. The predicted octanol–water partition coefficient (Wildman–Crippen LogP) is 1.83. The second-order valence-corrected chi connectivity index (χ2v) is 3.95. The lowest BCUT2D eigenvalue weighted by molar-refractivity contribution is 0.217. The molecule has 80 valence electrons. The maximum Gasteiger partial charge on any atom is 0.132 e. The first kappa shape index (κ1) is 10.6. The molecule has 1 aromatic rings. The van der Waals surface area contributed by atoms with Crippen LogP contribution in [0.1, 0.15) is 5.56 Å². The normalized spacial score (nSPS) is 21.3. The van der Waals surface area contributed by atoms with Crippen LogP contribution in [0.15, 0.2) is 24.3 Å². The Kier molecular flexibility index (Phi) is 3.05. The van der Waals surface area contributed by atoms with Crippen LogP contribution in [0.5, 0.6) is 0 Å². The van der Waals surface area contributed by atoms with Gasteiger partial charge in [0.1, 0.15) is 5.82 Å². The van der Waals surface area contributed by atoms with Crippen LogP contribution >= 0.6 is 11.6 Å². The third-order valence-corrected chi connectivity index (χ3v) is 2.57. The zero-order chi connectivity index (χ0) is 10.8. The molecule has 0 saturated heterocycles. The highest BCUT2D eigenvalue weighted by Gasteiger charge is 2.14. The molecular weight excluding hydrogens is 217 g/mol. The molecule has 1 aliphatic heterocycles. The maximum atomic E-state index is 13.5. The van der Waals surface area contributed by atoms with E-state index in [0.29, 0.717) is 23.7 Å². The van der Waals surface area contributed by atoms with Gasteiger partial charge >= 0.3 is 0 Å². The predicted molar refractivity (Wildman–Crippen MR) is 58.3 cm³/mol. The van der Waals surface area contributed by atoms with E-state index in [2.05, 4.69) is 5.32 Å². The molecule has 0 aliphatic carbocycles. The molecule has 15 heavy (non-hydrogen) atoms. The van der Waals surface area contributed by atoms with Crippen LogP contribution in [0.25, 0.3) is 5.57 Å². The van der Waals surface area contributed by atoms with Crippen LogP contribution in [0, 0.1) is 5.82 Å². The fourth-order valence-corrected chi connectivity index (χ4v) is 1.80. The molecule has 1 aromatic carbocycles. The Morgan fingerprint density at radius 1 is 1.47 bits per heavy atom. The lowest BCUT2D eigenvalue weighted by Gasteiger charge is -2.19. The number of hydrogen-bond donors (Lipinski definition) is 2. The molecule has 0 radical (unpaired) electrons. The summed E-state index contributed by atoms with van der Waals surface area (Å²) in [5, 5.41) is 12.8. The van der Waals surface area contributed by atoms with Crippen molar-refractivity contribution in [3.8, 4) is 0 Å². The molecule has 0 spiro atoms. The number of rotatable bonds is 1. The summed E-state index contributed by atoms with van der Waals surface area (Å²) in [5.41, 5.74) is 1.26. The van der Waals surface area contributed by atoms with Crippen molar-refractivity contribution < 1.29 is 9.50 Å². The van der Waals surface area contributed by atoms with Crippen molar-refractivity contribution in [2.45, 2.75) is 6.10 Å². The van der Waals surface area contributed by atoms with Crippen molar-refractivity contribution in [2.75, 3.05) is 13.1 Å². The number of nitrogens with one attached hydrogen (secondary N) is 1. The standard InChI is InChI=1S/C11H11ClFNO/c12-8-1-2-10(11(13)4-8)7-3-9(15)6-14-5-7/h1-4,9,14-15H,5-6H2. The fourth-order valence-electron chi connectivity index (χ4n) is 1.64. The highest BCUT2D eigenvalue weighted by molar-refractivity contribution is 6.30. The zero-order valence-electron chi connectivity index (χ0n) is 8.00. The number of benzene rings is 1. The average Bonchev–Trinajstić information content (AvgIpc) is 2.17. The number of halogens is 2. The van der Waals surface area contributed by atoms with E-state index in [-0.39, 0.29) is 5.82 Å². The smallest absolute Gasteiger partial charge is 0.132 e. The van der Waals surface area contributed by atoms with Crippen molar-refractivity contribution in [3.63, 3.8) is 0 Å². The first-order valence-electron chi connectivity index (χ1n) is 4.72. The minimum absolute atomic E-state index is 0.357. The van der Waals surface area contributed by atoms with Gasteiger partial charge in [0.25, 0.3) is 0 Å². The quantitative estimate of drug-likeness (QED) is 0.767. The summed E-state index contributed by atoms with van der Waals surface area (Å²) in [6, 6.07) is 4.55. The van der Waals surface area contributed by atoms with Crippen LogP contribution in [-0.4, -0.2) is 24.3 Å². The van der Waals surface area contributed by atoms with Crippen molar-refractivity contribution >= 4 is 17.2 Å². The first-order chi connectivity index (χ1) is 7.16. The number of hydrogen-bond acceptors (Lipinski definition) is 2. The lowest BCUT2D eigenvalue weighted by Crippen LogP contribution is -2.31. The molecule has 2 rings (SSSR count). The van der Waals surface area contributed by atoms with E-state index in [1.807, 2.05) is 0 Å². The van der Waals surface area contributed by atoms with Crippen molar-refractivity contribution in [1.82, 2.24) is 5.32 Å². The molecule has 0 bridgehead atoms. The molecule has 0 saturated carbocycles. The highest BCUT2D eigenvalue weighted by Crippen LogP contribution is 2.22. The largest absolute Gasteiger partial charge is 0.388 e. The lowest BCUT2D eigenvalue weighted by atomic mass is 10.0. The third kappa shape index (κ3) is 2.37. The minimum atomic E-state index is -0.552. The Bertz CT molecular complexity index is 406. The molecule has 1 unspecified atom stereocenters. The van der Waals surface area contributed by atoms with Crippen LogP contribution in [0.4, 0.5) is 4.39 Å². The number of aliphatic hydroxyl groups is 1. The van der Waals surface area contributed by atoms with Crippen LogP contribution in [-0.2, 0) is 0 Å². The fraction of sp³-hybridized carbons (Fsp3) is 0.273. The zero-order valence-corrected chi connectivity index (χ0v) is 8.76. The summed E-state index contributed by atoms with van der Waals surface area (Å²) in [5.74, 6) is -0.357. The monoisotopic (exact) mass is 227 g/mol. The molecule has 2 nitrogen and oxygen atoms in total. The Morgan fingerprint density at radius 2 is 2.27 bits per heavy atom. The van der Waals surface area contributed by atoms with E-state index in [4.69, 9.17) is 11.6 Å². The van der Waals surface area contributed by atoms with Crippen LogP contribution < -0.4 is 5.32 Å². The van der Waals surface area contributed by atoms with Crippen LogP contribution in [0.3, 0.4) is 0 Å². The van der Waals surface area contributed by atoms with Gasteiger partial charge in [-0.1, -0.05) is 17.7 Å². The summed E-state index contributed by atoms with van der Waals surface area (Å²) in [4.78, 5) is 0. The van der Waals surface area contributed by atoms with Gasteiger partial charge in [0.2, 0.25) is 0 Å². The SMILES string of the molecule is OC1C=C(c2ccc(Cl)cc2F)CNC1. The minimum Gasteiger partial charge on any atom is -0.388 e. The molecular formula is C11H11ClFNO. The molecule has 1 atom stereocenters. The maximum absolute atomic E-state index is 13.5. The Hall–Kier alpha value is -0.900. The van der Waals surface area contributed by atoms with Crippen molar-refractivity contribution in [1.29, 1.82) is 0 Å². The van der Waals surface area contributed by atoms with E-state index in [0.717, 1.165) is 5.57 Å². The van der Waals surface area contributed by atoms with E-state index in [1.165, 1.54) is 6.07 Å². The molecule has 1 aliphatic rings. The number of β-amino-alcohol motifs (C(OH)–C–C–N with tert-alkyl or cyclic N) is 1. The van der Waals surface area contributed by atoms with Crippen molar-refractivity contribution in [3.05, 3.63) is 40.7 Å². The number of aliphatic hydroxyl groups excluding tert-OH is 1. The second kappa shape index (κ2) is 4.31. The van der Waals surface area contributed by atoms with E-state index in [9.17, 15) is 9.50 Å². The Balaban J connectivity index is 2.37. The molecule has 0 fully saturated rings. The van der Waals surface area contributed by atoms with Gasteiger partial charge in [-0.25, -0.2) is 4.39 Å². The molecule has 0 amide bonds. The Labute approximate surface area is 92.4 Å². The van der Waals surface area contributed by atoms with E-state index in [1.54, 1.807) is 18.2 Å². The summed E-state index contributed by atoms with van der Waals surface area (Å²) >= 11 is 5.66. The van der Waals surface area contributed by atoms with Crippen LogP contribution in [0.2, 0.25) is 5.02 Å². The average molecular weight is 228 g/mol. The molecule has 2 N–H and O–H groups in total. The van der Waals surface area contributed by atoms with Gasteiger partial charge in [-0.3, -0.25) is 0 Å².